The SMILES string of the molecule is CC(C)[C@H](O)C(=O)N[C@@H](C)C(=O)N1CCC[C@@H](C(=O)NCc2ccc3ccc(/C=C/C(C)(C)C(=O)O)cc3n2)N1.COC(=O)C(C)(C)/C=C/c1ccc2ccc(CNC(=O)[C@@H]3CCCN(C(=O)[C@H](C)NC(=O)[C@@H](O)C(C)C)N3)nc2c1. The fourth-order valence-electron chi connectivity index (χ4n) is 8.43. The van der Waals surface area contributed by atoms with Crippen LogP contribution in [0.5, 0.6) is 0 Å². The van der Waals surface area contributed by atoms with Crippen molar-refractivity contribution in [2.45, 2.75) is 144 Å². The van der Waals surface area contributed by atoms with Crippen LogP contribution in [0.3, 0.4) is 0 Å². The lowest BCUT2D eigenvalue weighted by molar-refractivity contribution is -0.148. The van der Waals surface area contributed by atoms with Gasteiger partial charge >= 0.3 is 11.9 Å². The van der Waals surface area contributed by atoms with Crippen LogP contribution in [0, 0.1) is 22.7 Å². The lowest BCUT2D eigenvalue weighted by Crippen LogP contribution is -2.61. The van der Waals surface area contributed by atoms with Crippen molar-refractivity contribution in [2.75, 3.05) is 20.2 Å². The van der Waals surface area contributed by atoms with Crippen LogP contribution >= 0.6 is 0 Å². The van der Waals surface area contributed by atoms with E-state index in [1.807, 2.05) is 66.7 Å². The van der Waals surface area contributed by atoms with E-state index < -0.39 is 70.9 Å². The molecule has 22 heteroatoms. The summed E-state index contributed by atoms with van der Waals surface area (Å²) in [7, 11) is 1.36. The van der Waals surface area contributed by atoms with Crippen LogP contribution in [0.15, 0.2) is 72.8 Å². The maximum Gasteiger partial charge on any atom is 0.315 e. The number of amides is 6. The lowest BCUT2D eigenvalue weighted by atomic mass is 9.92. The van der Waals surface area contributed by atoms with E-state index in [9.17, 15) is 53.7 Å². The van der Waals surface area contributed by atoms with E-state index in [0.717, 1.165) is 27.4 Å². The summed E-state index contributed by atoms with van der Waals surface area (Å²) in [5, 5.41) is 44.5. The minimum absolute atomic E-state index is 0.187. The molecule has 9 N–H and O–H groups in total. The zero-order valence-corrected chi connectivity index (χ0v) is 48.2. The monoisotopic (exact) mass is 1120 g/mol. The van der Waals surface area contributed by atoms with E-state index >= 15 is 0 Å². The predicted octanol–water partition coefficient (Wildman–Crippen LogP) is 4.07. The maximum atomic E-state index is 12.9. The molecule has 2 aliphatic rings. The molecule has 2 saturated heterocycles. The van der Waals surface area contributed by atoms with Gasteiger partial charge in [0.25, 0.3) is 11.8 Å². The van der Waals surface area contributed by atoms with Crippen molar-refractivity contribution in [1.29, 1.82) is 0 Å². The number of carbonyl (C=O) groups excluding carboxylic acids is 7. The number of aliphatic hydroxyl groups is 2. The highest BCUT2D eigenvalue weighted by Gasteiger charge is 2.34. The molecule has 6 rings (SSSR count). The van der Waals surface area contributed by atoms with Gasteiger partial charge in [0.05, 0.1) is 53.5 Å². The third kappa shape index (κ3) is 18.2. The lowest BCUT2D eigenvalue weighted by Gasteiger charge is -2.34. The molecule has 0 bridgehead atoms. The number of hydrogen-bond acceptors (Lipinski definition) is 15. The average molecular weight is 1120 g/mol. The number of carboxylic acid groups (broad SMARTS) is 1. The Bertz CT molecular complexity index is 2990. The second-order valence-electron chi connectivity index (χ2n) is 22.3. The van der Waals surface area contributed by atoms with Crippen LogP contribution < -0.4 is 32.1 Å². The number of benzene rings is 2. The standard InChI is InChI=1S/C30H41N5O6.C29H39N5O6/c1-18(2)25(36)27(38)32-19(3)28(39)35-15-7-8-23(34-35)26(37)31-17-22-12-11-21-10-9-20(16-24(21)33-22)13-14-30(4,5)29(40)41-6;1-17(2)24(35)26(37)31-18(3)27(38)34-14-6-7-22(33-34)25(36)30-16-21-11-10-20-9-8-19(15-23(20)32-21)12-13-29(4,5)28(39)40/h9-14,16,18-19,23,25,34,36H,7-8,15,17H2,1-6H3,(H,31,37)(H,32,38);8-13,15,17-18,22,24,33,35H,6-7,14,16H2,1-5H3,(H,30,36)(H,31,37)(H,39,40)/b14-13+;13-12+/t19-,23-,25-;18-,22-,24-/m00/s1. The first-order chi connectivity index (χ1) is 38.1. The van der Waals surface area contributed by atoms with Crippen LogP contribution in [-0.4, -0.2) is 139 Å². The molecule has 0 saturated carbocycles. The fourth-order valence-corrected chi connectivity index (χ4v) is 8.43. The smallest absolute Gasteiger partial charge is 0.315 e. The van der Waals surface area contributed by atoms with Gasteiger partial charge in [0, 0.05) is 23.9 Å². The van der Waals surface area contributed by atoms with Gasteiger partial charge < -0.3 is 41.3 Å². The number of aromatic nitrogens is 2. The summed E-state index contributed by atoms with van der Waals surface area (Å²) in [5.74, 6) is -4.35. The zero-order chi connectivity index (χ0) is 59.9. The zero-order valence-electron chi connectivity index (χ0n) is 48.2. The summed E-state index contributed by atoms with van der Waals surface area (Å²) in [6, 6.07) is 16.0. The highest BCUT2D eigenvalue weighted by molar-refractivity contribution is 5.91. The van der Waals surface area contributed by atoms with Gasteiger partial charge in [-0.25, -0.2) is 10.9 Å². The number of nitrogens with one attached hydrogen (secondary N) is 6. The van der Waals surface area contributed by atoms with E-state index in [1.54, 1.807) is 80.5 Å². The Hall–Kier alpha value is -7.66. The molecule has 0 radical (unpaired) electrons. The number of rotatable bonds is 20. The minimum atomic E-state index is -1.21. The van der Waals surface area contributed by atoms with E-state index in [2.05, 4.69) is 42.1 Å². The van der Waals surface area contributed by atoms with Crippen LogP contribution in [-0.2, 0) is 56.2 Å². The van der Waals surface area contributed by atoms with Crippen molar-refractivity contribution in [3.63, 3.8) is 0 Å². The molecular weight excluding hydrogens is 1040 g/mol. The summed E-state index contributed by atoms with van der Waals surface area (Å²) in [4.78, 5) is 108. The second-order valence-corrected chi connectivity index (χ2v) is 22.3. The van der Waals surface area contributed by atoms with Gasteiger partial charge in [-0.05, 0) is 114 Å². The summed E-state index contributed by atoms with van der Waals surface area (Å²) >= 11 is 0. The number of carboxylic acids is 1. The normalized spacial score (nSPS) is 17.5. The van der Waals surface area contributed by atoms with Crippen molar-refractivity contribution >= 4 is 81.3 Å². The Morgan fingerprint density at radius 3 is 1.38 bits per heavy atom. The van der Waals surface area contributed by atoms with Gasteiger partial charge in [-0.1, -0.05) is 88.4 Å². The molecule has 438 valence electrons. The number of esters is 1. The third-order valence-corrected chi connectivity index (χ3v) is 13.9. The molecule has 4 heterocycles. The van der Waals surface area contributed by atoms with Crippen LogP contribution in [0.1, 0.15) is 117 Å². The number of hydrazine groups is 2. The number of methoxy groups -OCH3 is 1. The van der Waals surface area contributed by atoms with E-state index in [0.29, 0.717) is 55.7 Å². The van der Waals surface area contributed by atoms with Crippen molar-refractivity contribution in [3.8, 4) is 0 Å². The fraction of sp³-hybridized carbons (Fsp3) is 0.492. The molecule has 4 aromatic rings. The number of pyridine rings is 2. The molecule has 6 atom stereocenters. The van der Waals surface area contributed by atoms with E-state index in [4.69, 9.17) is 4.74 Å². The van der Waals surface area contributed by atoms with Gasteiger partial charge in [0.2, 0.25) is 23.6 Å². The third-order valence-electron chi connectivity index (χ3n) is 13.9. The van der Waals surface area contributed by atoms with E-state index in [1.165, 1.54) is 24.1 Å². The Balaban J connectivity index is 0.000000297. The highest BCUT2D eigenvalue weighted by Crippen LogP contribution is 2.24. The molecule has 0 aliphatic carbocycles. The Kier molecular flexibility index (Phi) is 22.7. The van der Waals surface area contributed by atoms with Crippen LogP contribution in [0.4, 0.5) is 0 Å². The summed E-state index contributed by atoms with van der Waals surface area (Å²) in [5.41, 5.74) is 8.64. The molecule has 2 aromatic heterocycles. The van der Waals surface area contributed by atoms with Gasteiger partial charge in [0.1, 0.15) is 36.4 Å². The predicted molar refractivity (Wildman–Crippen MR) is 305 cm³/mol. The summed E-state index contributed by atoms with van der Waals surface area (Å²) in [6.07, 6.45) is 6.92. The molecule has 0 unspecified atom stereocenters. The molecule has 2 fully saturated rings. The summed E-state index contributed by atoms with van der Waals surface area (Å²) < 4.78 is 4.85. The molecule has 81 heavy (non-hydrogen) atoms. The van der Waals surface area contributed by atoms with Crippen molar-refractivity contribution in [1.82, 2.24) is 52.1 Å². The van der Waals surface area contributed by atoms with Crippen molar-refractivity contribution < 1.29 is 58.4 Å². The molecule has 22 nitrogen and oxygen atoms in total. The molecule has 0 spiro atoms. The Morgan fingerprint density at radius 2 is 1.01 bits per heavy atom. The van der Waals surface area contributed by atoms with Gasteiger partial charge in [-0.3, -0.25) is 58.3 Å². The van der Waals surface area contributed by atoms with E-state index in [-0.39, 0.29) is 48.6 Å². The quantitative estimate of drug-likeness (QED) is 0.0564. The Morgan fingerprint density at radius 1 is 0.630 bits per heavy atom. The van der Waals surface area contributed by atoms with Gasteiger partial charge in [-0.2, -0.15) is 0 Å². The number of fused-ring (bicyclic) bond motifs is 2. The van der Waals surface area contributed by atoms with Crippen LogP contribution in [0.25, 0.3) is 34.0 Å². The number of aliphatic hydroxyl groups excluding tert-OH is 2. The first-order valence-corrected chi connectivity index (χ1v) is 27.3. The van der Waals surface area contributed by atoms with Gasteiger partial charge in [0.15, 0.2) is 0 Å². The molecule has 2 aromatic carbocycles. The highest BCUT2D eigenvalue weighted by atomic mass is 16.5. The number of aliphatic carboxylic acids is 1. The first-order valence-electron chi connectivity index (χ1n) is 27.3. The number of hydrogen-bond donors (Lipinski definition) is 9. The maximum absolute atomic E-state index is 12.9. The second kappa shape index (κ2) is 28.7. The number of ether oxygens (including phenoxy) is 1. The molecule has 6 amide bonds. The number of nitrogens with zero attached hydrogens (tertiary/aromatic N) is 4. The summed E-state index contributed by atoms with van der Waals surface area (Å²) in [6.45, 7) is 17.9. The minimum Gasteiger partial charge on any atom is -0.481 e. The van der Waals surface area contributed by atoms with Gasteiger partial charge in [-0.15, -0.1) is 0 Å². The van der Waals surface area contributed by atoms with Crippen molar-refractivity contribution in [2.24, 2.45) is 22.7 Å². The Labute approximate surface area is 472 Å². The topological polar surface area (TPSA) is 311 Å². The average Bonchev–Trinajstić information content (AvgIpc) is 3.49. The largest absolute Gasteiger partial charge is 0.481 e. The first kappa shape index (κ1) is 64.2. The molecule has 2 aliphatic heterocycles. The van der Waals surface area contributed by atoms with Crippen LogP contribution in [0.2, 0.25) is 0 Å². The van der Waals surface area contributed by atoms with Crippen molar-refractivity contribution in [3.05, 3.63) is 95.3 Å². The molecular formula is C59H80N10O12. The number of carbonyl (C=O) groups is 8.